The van der Waals surface area contributed by atoms with Gasteiger partial charge in [0.05, 0.1) is 12.2 Å². The van der Waals surface area contributed by atoms with Gasteiger partial charge < -0.3 is 4.90 Å². The van der Waals surface area contributed by atoms with Crippen LogP contribution in [-0.4, -0.2) is 16.4 Å². The largest absolute Gasteiger partial charge is 0.368 e. The van der Waals surface area contributed by atoms with Gasteiger partial charge in [0.1, 0.15) is 5.15 Å². The number of hydrogen-bond acceptors (Lipinski definition) is 2. The number of hydrogen-bond donors (Lipinski definition) is 0. The molecule has 0 saturated carbocycles. The van der Waals surface area contributed by atoms with Crippen LogP contribution in [0.25, 0.3) is 0 Å². The molecule has 0 saturated heterocycles. The molecule has 14 heavy (non-hydrogen) atoms. The summed E-state index contributed by atoms with van der Waals surface area (Å²) < 4.78 is 0. The fourth-order valence-corrected chi connectivity index (χ4v) is 1.55. The Morgan fingerprint density at radius 3 is 3.00 bits per heavy atom. The average molecular weight is 207 g/mol. The smallest absolute Gasteiger partial charge is 0.129 e. The predicted molar refractivity (Wildman–Crippen MR) is 57.9 cm³/mol. The van der Waals surface area contributed by atoms with E-state index in [1.807, 2.05) is 24.3 Å². The fraction of sp³-hybridized carbons (Fsp3) is 0.182. The lowest BCUT2D eigenvalue weighted by molar-refractivity contribution is 0.400. The minimum absolute atomic E-state index is 0.555. The van der Waals surface area contributed by atoms with E-state index in [1.54, 1.807) is 6.07 Å². The number of pyridine rings is 1. The van der Waals surface area contributed by atoms with Crippen LogP contribution in [-0.2, 0) is 6.54 Å². The number of nitrogens with zero attached hydrogens (tertiary/aromatic N) is 2. The van der Waals surface area contributed by atoms with Crippen LogP contribution >= 0.6 is 11.6 Å². The van der Waals surface area contributed by atoms with Gasteiger partial charge in [0.2, 0.25) is 0 Å². The fourth-order valence-electron chi connectivity index (χ4n) is 1.37. The first-order valence-corrected chi connectivity index (χ1v) is 4.91. The SMILES string of the molecule is Clc1cccc(CN2C=CC=CC2)n1. The maximum Gasteiger partial charge on any atom is 0.129 e. The molecule has 1 aliphatic rings. The number of rotatable bonds is 2. The first kappa shape index (κ1) is 9.28. The summed E-state index contributed by atoms with van der Waals surface area (Å²) in [4.78, 5) is 6.41. The quantitative estimate of drug-likeness (QED) is 0.692. The first-order chi connectivity index (χ1) is 6.84. The van der Waals surface area contributed by atoms with Gasteiger partial charge >= 0.3 is 0 Å². The summed E-state index contributed by atoms with van der Waals surface area (Å²) in [6.07, 6.45) is 8.24. The summed E-state index contributed by atoms with van der Waals surface area (Å²) in [5, 5.41) is 0.555. The summed E-state index contributed by atoms with van der Waals surface area (Å²) >= 11 is 5.80. The van der Waals surface area contributed by atoms with Gasteiger partial charge in [-0.25, -0.2) is 4.98 Å². The Labute approximate surface area is 88.5 Å². The van der Waals surface area contributed by atoms with Crippen LogP contribution in [0, 0.1) is 0 Å². The predicted octanol–water partition coefficient (Wildman–Crippen LogP) is 2.62. The highest BCUT2D eigenvalue weighted by Crippen LogP contribution is 2.09. The molecule has 0 fully saturated rings. The second-order valence-corrected chi connectivity index (χ2v) is 3.54. The number of halogens is 1. The van der Waals surface area contributed by atoms with Gasteiger partial charge in [0.15, 0.2) is 0 Å². The highest BCUT2D eigenvalue weighted by molar-refractivity contribution is 6.29. The van der Waals surface area contributed by atoms with Crippen LogP contribution in [0.2, 0.25) is 5.15 Å². The van der Waals surface area contributed by atoms with Gasteiger partial charge in [-0.3, -0.25) is 0 Å². The highest BCUT2D eigenvalue weighted by Gasteiger charge is 2.02. The first-order valence-electron chi connectivity index (χ1n) is 4.53. The third-order valence-corrected chi connectivity index (χ3v) is 2.23. The molecule has 1 aromatic rings. The second kappa shape index (κ2) is 4.29. The standard InChI is InChI=1S/C11H11ClN2/c12-11-6-4-5-10(13-11)9-14-7-2-1-3-8-14/h1-7H,8-9H2. The summed E-state index contributed by atoms with van der Waals surface area (Å²) in [7, 11) is 0. The van der Waals surface area contributed by atoms with Crippen LogP contribution in [0.1, 0.15) is 5.69 Å². The molecule has 0 N–H and O–H groups in total. The molecule has 72 valence electrons. The molecule has 2 nitrogen and oxygen atoms in total. The Kier molecular flexibility index (Phi) is 2.84. The summed E-state index contributed by atoms with van der Waals surface area (Å²) in [6, 6.07) is 5.70. The van der Waals surface area contributed by atoms with Crippen LogP contribution in [0.15, 0.2) is 42.6 Å². The van der Waals surface area contributed by atoms with Crippen molar-refractivity contribution in [1.82, 2.24) is 9.88 Å². The molecule has 1 aliphatic heterocycles. The van der Waals surface area contributed by atoms with Crippen molar-refractivity contribution in [3.63, 3.8) is 0 Å². The molecule has 2 heterocycles. The second-order valence-electron chi connectivity index (χ2n) is 3.15. The Morgan fingerprint density at radius 1 is 1.36 bits per heavy atom. The van der Waals surface area contributed by atoms with Gasteiger partial charge in [-0.2, -0.15) is 0 Å². The molecule has 3 heteroatoms. The summed E-state index contributed by atoms with van der Waals surface area (Å²) in [5.74, 6) is 0. The van der Waals surface area contributed by atoms with Crippen LogP contribution in [0.3, 0.4) is 0 Å². The number of allylic oxidation sites excluding steroid dienone is 2. The van der Waals surface area contributed by atoms with E-state index in [9.17, 15) is 0 Å². The Balaban J connectivity index is 2.04. The van der Waals surface area contributed by atoms with Crippen molar-refractivity contribution in [3.8, 4) is 0 Å². The molecule has 1 aromatic heterocycles. The van der Waals surface area contributed by atoms with Gasteiger partial charge in [-0.05, 0) is 24.4 Å². The normalized spacial score (nSPS) is 14.8. The van der Waals surface area contributed by atoms with Crippen molar-refractivity contribution in [2.24, 2.45) is 0 Å². The molecule has 0 bridgehead atoms. The van der Waals surface area contributed by atoms with E-state index < -0.39 is 0 Å². The van der Waals surface area contributed by atoms with E-state index in [4.69, 9.17) is 11.6 Å². The van der Waals surface area contributed by atoms with Crippen molar-refractivity contribution < 1.29 is 0 Å². The van der Waals surface area contributed by atoms with E-state index in [-0.39, 0.29) is 0 Å². The molecule has 0 atom stereocenters. The minimum Gasteiger partial charge on any atom is -0.368 e. The topological polar surface area (TPSA) is 16.1 Å². The van der Waals surface area contributed by atoms with Gasteiger partial charge in [-0.1, -0.05) is 29.8 Å². The Hall–Kier alpha value is -1.28. The van der Waals surface area contributed by atoms with Gasteiger partial charge in [0.25, 0.3) is 0 Å². The number of aromatic nitrogens is 1. The highest BCUT2D eigenvalue weighted by atomic mass is 35.5. The van der Waals surface area contributed by atoms with E-state index in [1.165, 1.54) is 0 Å². The zero-order chi connectivity index (χ0) is 9.80. The Bertz CT molecular complexity index is 371. The zero-order valence-corrected chi connectivity index (χ0v) is 8.48. The molecule has 0 amide bonds. The van der Waals surface area contributed by atoms with E-state index >= 15 is 0 Å². The van der Waals surface area contributed by atoms with Crippen LogP contribution in [0.4, 0.5) is 0 Å². The maximum absolute atomic E-state index is 5.80. The third kappa shape index (κ3) is 2.36. The maximum atomic E-state index is 5.80. The van der Waals surface area contributed by atoms with Gasteiger partial charge in [-0.15, -0.1) is 0 Å². The zero-order valence-electron chi connectivity index (χ0n) is 7.73. The summed E-state index contributed by atoms with van der Waals surface area (Å²) in [6.45, 7) is 1.74. The lowest BCUT2D eigenvalue weighted by atomic mass is 10.3. The van der Waals surface area contributed by atoms with Crippen molar-refractivity contribution in [1.29, 1.82) is 0 Å². The van der Waals surface area contributed by atoms with Crippen LogP contribution < -0.4 is 0 Å². The van der Waals surface area contributed by atoms with Crippen molar-refractivity contribution in [2.75, 3.05) is 6.54 Å². The van der Waals surface area contributed by atoms with Gasteiger partial charge in [0, 0.05) is 6.54 Å². The van der Waals surface area contributed by atoms with Crippen molar-refractivity contribution in [3.05, 3.63) is 53.5 Å². The molecule has 0 unspecified atom stereocenters. The molecule has 0 aliphatic carbocycles. The van der Waals surface area contributed by atoms with E-state index in [0.29, 0.717) is 5.15 Å². The molecule has 0 aromatic carbocycles. The monoisotopic (exact) mass is 206 g/mol. The van der Waals surface area contributed by atoms with E-state index in [0.717, 1.165) is 18.8 Å². The van der Waals surface area contributed by atoms with Crippen molar-refractivity contribution in [2.45, 2.75) is 6.54 Å². The van der Waals surface area contributed by atoms with Crippen molar-refractivity contribution >= 4 is 11.6 Å². The Morgan fingerprint density at radius 2 is 2.29 bits per heavy atom. The minimum atomic E-state index is 0.555. The third-order valence-electron chi connectivity index (χ3n) is 2.02. The van der Waals surface area contributed by atoms with Crippen LogP contribution in [0.5, 0.6) is 0 Å². The molecular weight excluding hydrogens is 196 g/mol. The summed E-state index contributed by atoms with van der Waals surface area (Å²) in [5.41, 5.74) is 0.998. The van der Waals surface area contributed by atoms with E-state index in [2.05, 4.69) is 22.2 Å². The lowest BCUT2D eigenvalue weighted by Crippen LogP contribution is -2.18. The molecule has 2 rings (SSSR count). The molecule has 0 radical (unpaired) electrons. The molecule has 0 spiro atoms. The lowest BCUT2D eigenvalue weighted by Gasteiger charge is -2.19. The average Bonchev–Trinajstić information content (AvgIpc) is 2.19. The molecular formula is C11H11ClN2.